The average Bonchev–Trinajstić information content (AvgIpc) is 3.18. The number of hydrogen-bond acceptors (Lipinski definition) is 4. The van der Waals surface area contributed by atoms with Gasteiger partial charge < -0.3 is 4.74 Å². The molecule has 1 aliphatic rings. The summed E-state index contributed by atoms with van der Waals surface area (Å²) in [5.74, 6) is 0.586. The number of ether oxygens (including phenoxy) is 1. The minimum Gasteiger partial charge on any atom is -0.497 e. The molecule has 0 unspecified atom stereocenters. The van der Waals surface area contributed by atoms with Crippen LogP contribution in [0.25, 0.3) is 0 Å². The van der Waals surface area contributed by atoms with E-state index in [-0.39, 0.29) is 17.2 Å². The molecule has 3 aromatic rings. The second-order valence-electron chi connectivity index (χ2n) is 7.13. The number of nitrogens with zero attached hydrogens (tertiary/aromatic N) is 1. The highest BCUT2D eigenvalue weighted by Gasteiger charge is 2.31. The quantitative estimate of drug-likeness (QED) is 0.601. The molecule has 6 heteroatoms. The summed E-state index contributed by atoms with van der Waals surface area (Å²) in [5.41, 5.74) is 3.90. The zero-order valence-electron chi connectivity index (χ0n) is 16.3. The topological polar surface area (TPSA) is 63.7 Å². The first-order valence-corrected chi connectivity index (χ1v) is 10.7. The van der Waals surface area contributed by atoms with Crippen molar-refractivity contribution in [2.45, 2.75) is 24.9 Å². The van der Waals surface area contributed by atoms with E-state index in [1.807, 2.05) is 13.0 Å². The first kappa shape index (κ1) is 19.4. The SMILES string of the molecule is COc1ccc(C(=O)c2ccc3c(c2)CN(S(=O)(=O)c2ccc(C)cc2)C3)cc1. The summed E-state index contributed by atoms with van der Waals surface area (Å²) in [6, 6.07) is 19.2. The molecule has 5 nitrogen and oxygen atoms in total. The van der Waals surface area contributed by atoms with Gasteiger partial charge in [0.05, 0.1) is 12.0 Å². The van der Waals surface area contributed by atoms with E-state index in [4.69, 9.17) is 4.74 Å². The molecule has 0 amide bonds. The summed E-state index contributed by atoms with van der Waals surface area (Å²) in [6.07, 6.45) is 0. The number of carbonyl (C=O) groups excluding carboxylic acids is 1. The smallest absolute Gasteiger partial charge is 0.243 e. The largest absolute Gasteiger partial charge is 0.497 e. The van der Waals surface area contributed by atoms with Crippen LogP contribution in [-0.4, -0.2) is 25.6 Å². The van der Waals surface area contributed by atoms with Crippen LogP contribution >= 0.6 is 0 Å². The second kappa shape index (κ2) is 7.46. The first-order chi connectivity index (χ1) is 13.9. The number of methoxy groups -OCH3 is 1. The Morgan fingerprint density at radius 2 is 1.48 bits per heavy atom. The summed E-state index contributed by atoms with van der Waals surface area (Å²) >= 11 is 0. The van der Waals surface area contributed by atoms with Crippen molar-refractivity contribution in [2.75, 3.05) is 7.11 Å². The van der Waals surface area contributed by atoms with E-state index in [1.54, 1.807) is 67.8 Å². The van der Waals surface area contributed by atoms with E-state index in [0.29, 0.717) is 23.4 Å². The minimum atomic E-state index is -3.58. The van der Waals surface area contributed by atoms with Gasteiger partial charge in [0.15, 0.2) is 5.78 Å². The third-order valence-electron chi connectivity index (χ3n) is 5.17. The number of benzene rings is 3. The maximum atomic E-state index is 13.0. The number of sulfonamides is 1. The van der Waals surface area contributed by atoms with Gasteiger partial charge in [0.2, 0.25) is 10.0 Å². The number of carbonyl (C=O) groups is 1. The van der Waals surface area contributed by atoms with Crippen LogP contribution in [0.3, 0.4) is 0 Å². The molecule has 0 aromatic heterocycles. The summed E-state index contributed by atoms with van der Waals surface area (Å²) < 4.78 is 32.5. The van der Waals surface area contributed by atoms with E-state index >= 15 is 0 Å². The Labute approximate surface area is 170 Å². The molecule has 4 rings (SSSR count). The zero-order valence-corrected chi connectivity index (χ0v) is 17.1. The van der Waals surface area contributed by atoms with Gasteiger partial charge in [-0.05, 0) is 60.5 Å². The Hall–Kier alpha value is -2.96. The Morgan fingerprint density at radius 1 is 0.862 bits per heavy atom. The average molecular weight is 407 g/mol. The molecule has 3 aromatic carbocycles. The number of aryl methyl sites for hydroxylation is 1. The number of hydrogen-bond donors (Lipinski definition) is 0. The van der Waals surface area contributed by atoms with Crippen LogP contribution in [0.4, 0.5) is 0 Å². The normalized spacial score (nSPS) is 13.9. The van der Waals surface area contributed by atoms with Crippen LogP contribution in [0.5, 0.6) is 5.75 Å². The Morgan fingerprint density at radius 3 is 2.14 bits per heavy atom. The maximum Gasteiger partial charge on any atom is 0.243 e. The molecule has 0 saturated heterocycles. The standard InChI is InChI=1S/C23H21NO4S/c1-16-3-11-22(12-4-16)29(26,27)24-14-19-6-5-18(13-20(19)15-24)23(25)17-7-9-21(28-2)10-8-17/h3-13H,14-15H2,1-2H3. The van der Waals surface area contributed by atoms with Gasteiger partial charge in [-0.15, -0.1) is 0 Å². The highest BCUT2D eigenvalue weighted by Crippen LogP contribution is 2.30. The Bertz CT molecular complexity index is 1170. The van der Waals surface area contributed by atoms with Gasteiger partial charge in [-0.2, -0.15) is 4.31 Å². The molecule has 0 saturated carbocycles. The predicted molar refractivity (Wildman–Crippen MR) is 110 cm³/mol. The molecule has 0 aliphatic carbocycles. The van der Waals surface area contributed by atoms with Crippen LogP contribution in [0.2, 0.25) is 0 Å². The van der Waals surface area contributed by atoms with Crippen LogP contribution in [0.1, 0.15) is 32.6 Å². The molecule has 1 heterocycles. The van der Waals surface area contributed by atoms with Crippen molar-refractivity contribution >= 4 is 15.8 Å². The fraction of sp³-hybridized carbons (Fsp3) is 0.174. The van der Waals surface area contributed by atoms with E-state index in [9.17, 15) is 13.2 Å². The van der Waals surface area contributed by atoms with Crippen molar-refractivity contribution in [3.8, 4) is 5.75 Å². The molecule has 0 bridgehead atoms. The molecule has 0 fully saturated rings. The van der Waals surface area contributed by atoms with Crippen LogP contribution in [0.15, 0.2) is 71.6 Å². The molecule has 0 N–H and O–H groups in total. The molecular weight excluding hydrogens is 386 g/mol. The van der Waals surface area contributed by atoms with Crippen LogP contribution in [0, 0.1) is 6.92 Å². The van der Waals surface area contributed by atoms with Crippen molar-refractivity contribution in [3.05, 3.63) is 94.5 Å². The Balaban J connectivity index is 1.58. The molecule has 0 spiro atoms. The summed E-state index contributed by atoms with van der Waals surface area (Å²) in [5, 5.41) is 0. The van der Waals surface area contributed by atoms with Crippen molar-refractivity contribution < 1.29 is 17.9 Å². The predicted octanol–water partition coefficient (Wildman–Crippen LogP) is 3.94. The van der Waals surface area contributed by atoms with Gasteiger partial charge in [-0.25, -0.2) is 8.42 Å². The van der Waals surface area contributed by atoms with Crippen LogP contribution in [-0.2, 0) is 23.1 Å². The van der Waals surface area contributed by atoms with E-state index in [1.165, 1.54) is 4.31 Å². The summed E-state index contributed by atoms with van der Waals surface area (Å²) in [7, 11) is -2.00. The molecule has 1 aliphatic heterocycles. The van der Waals surface area contributed by atoms with Gasteiger partial charge in [0.1, 0.15) is 5.75 Å². The van der Waals surface area contributed by atoms with Crippen LogP contribution < -0.4 is 4.74 Å². The third kappa shape index (κ3) is 3.69. The van der Waals surface area contributed by atoms with Crippen molar-refractivity contribution in [2.24, 2.45) is 0 Å². The van der Waals surface area contributed by atoms with Crippen molar-refractivity contribution in [1.29, 1.82) is 0 Å². The van der Waals surface area contributed by atoms with Crippen molar-refractivity contribution in [3.63, 3.8) is 0 Å². The fourth-order valence-electron chi connectivity index (χ4n) is 3.44. The fourth-order valence-corrected chi connectivity index (χ4v) is 4.84. The first-order valence-electron chi connectivity index (χ1n) is 9.26. The number of rotatable bonds is 5. The number of ketones is 1. The van der Waals surface area contributed by atoms with Gasteiger partial charge in [-0.1, -0.05) is 29.8 Å². The molecular formula is C23H21NO4S. The number of fused-ring (bicyclic) bond motifs is 1. The van der Waals surface area contributed by atoms with Gasteiger partial charge in [0, 0.05) is 24.2 Å². The Kier molecular flexibility index (Phi) is 4.98. The molecule has 29 heavy (non-hydrogen) atoms. The molecule has 0 radical (unpaired) electrons. The lowest BCUT2D eigenvalue weighted by Crippen LogP contribution is -2.25. The second-order valence-corrected chi connectivity index (χ2v) is 9.07. The van der Waals surface area contributed by atoms with E-state index < -0.39 is 10.0 Å². The van der Waals surface area contributed by atoms with Gasteiger partial charge in [0.25, 0.3) is 0 Å². The van der Waals surface area contributed by atoms with Gasteiger partial charge in [-0.3, -0.25) is 4.79 Å². The molecule has 0 atom stereocenters. The lowest BCUT2D eigenvalue weighted by molar-refractivity contribution is 0.103. The lowest BCUT2D eigenvalue weighted by atomic mass is 9.99. The lowest BCUT2D eigenvalue weighted by Gasteiger charge is -2.15. The highest BCUT2D eigenvalue weighted by atomic mass is 32.2. The zero-order chi connectivity index (χ0) is 20.6. The van der Waals surface area contributed by atoms with Gasteiger partial charge >= 0.3 is 0 Å². The maximum absolute atomic E-state index is 13.0. The summed E-state index contributed by atoms with van der Waals surface area (Å²) in [4.78, 5) is 13.1. The van der Waals surface area contributed by atoms with E-state index in [2.05, 4.69) is 0 Å². The highest BCUT2D eigenvalue weighted by molar-refractivity contribution is 7.89. The third-order valence-corrected chi connectivity index (χ3v) is 6.98. The molecule has 148 valence electrons. The minimum absolute atomic E-state index is 0.102. The summed E-state index contributed by atoms with van der Waals surface area (Å²) in [6.45, 7) is 2.49. The monoisotopic (exact) mass is 407 g/mol. The van der Waals surface area contributed by atoms with E-state index in [0.717, 1.165) is 16.7 Å². The van der Waals surface area contributed by atoms with Crippen molar-refractivity contribution in [1.82, 2.24) is 4.31 Å².